The number of halogens is 1. The Kier molecular flexibility index (Phi) is 5.22. The molecule has 0 fully saturated rings. The fourth-order valence-corrected chi connectivity index (χ4v) is 3.51. The van der Waals surface area contributed by atoms with E-state index < -0.39 is 34.3 Å². The average Bonchev–Trinajstić information content (AvgIpc) is 2.84. The number of carbonyl (C=O) groups is 3. The van der Waals surface area contributed by atoms with Gasteiger partial charge in [-0.05, 0) is 30.3 Å². The molecule has 1 N–H and O–H groups in total. The fourth-order valence-electron chi connectivity index (χ4n) is 2.62. The number of hydrogen-bond acceptors (Lipinski definition) is 4. The number of imide groups is 1. The van der Waals surface area contributed by atoms with E-state index in [2.05, 4.69) is 5.32 Å². The Hall–Kier alpha value is -2.87. The van der Waals surface area contributed by atoms with E-state index in [1.807, 2.05) is 0 Å². The number of carbonyl (C=O) groups excluding carboxylic acids is 3. The fraction of sp³-hybridized carbons (Fsp3) is 0.167. The largest absolute Gasteiger partial charge is 0.325 e. The summed E-state index contributed by atoms with van der Waals surface area (Å²) in [6.07, 6.45) is 0. The highest BCUT2D eigenvalue weighted by Crippen LogP contribution is 2.22. The van der Waals surface area contributed by atoms with Gasteiger partial charge in [0.15, 0.2) is 0 Å². The van der Waals surface area contributed by atoms with Gasteiger partial charge in [0.25, 0.3) is 11.8 Å². The molecule has 2 aromatic rings. The first-order valence-electron chi connectivity index (χ1n) is 7.81. The predicted molar refractivity (Wildman–Crippen MR) is 94.7 cm³/mol. The summed E-state index contributed by atoms with van der Waals surface area (Å²) >= 11 is 0. The van der Waals surface area contributed by atoms with Gasteiger partial charge in [-0.3, -0.25) is 23.5 Å². The van der Waals surface area contributed by atoms with Gasteiger partial charge in [-0.2, -0.15) is 0 Å². The molecule has 1 heterocycles. The number of benzene rings is 2. The van der Waals surface area contributed by atoms with Crippen LogP contribution >= 0.6 is 0 Å². The van der Waals surface area contributed by atoms with Crippen LogP contribution in [0.15, 0.2) is 48.5 Å². The zero-order valence-corrected chi connectivity index (χ0v) is 14.4. The number of hydrogen-bond donors (Lipinski definition) is 1. The number of nitrogens with one attached hydrogen (secondary N) is 1. The molecule has 3 rings (SSSR count). The van der Waals surface area contributed by atoms with Crippen LogP contribution in [0.4, 0.5) is 10.1 Å². The van der Waals surface area contributed by atoms with Crippen molar-refractivity contribution in [2.75, 3.05) is 23.4 Å². The van der Waals surface area contributed by atoms with Gasteiger partial charge in [-0.1, -0.05) is 18.2 Å². The summed E-state index contributed by atoms with van der Waals surface area (Å²) in [6.45, 7) is -0.0355. The van der Waals surface area contributed by atoms with Crippen molar-refractivity contribution in [2.24, 2.45) is 0 Å². The van der Waals surface area contributed by atoms with Crippen molar-refractivity contribution >= 4 is 34.2 Å². The van der Waals surface area contributed by atoms with Gasteiger partial charge in [0, 0.05) is 28.8 Å². The molecule has 0 unspecified atom stereocenters. The van der Waals surface area contributed by atoms with Crippen LogP contribution in [0, 0.1) is 5.82 Å². The molecule has 1 aliphatic rings. The molecule has 0 aliphatic carbocycles. The van der Waals surface area contributed by atoms with E-state index in [0.717, 1.165) is 11.0 Å². The molecule has 26 heavy (non-hydrogen) atoms. The average molecular weight is 374 g/mol. The van der Waals surface area contributed by atoms with Gasteiger partial charge >= 0.3 is 0 Å². The monoisotopic (exact) mass is 374 g/mol. The molecule has 0 spiro atoms. The Bertz CT molecular complexity index is 881. The highest BCUT2D eigenvalue weighted by Gasteiger charge is 2.34. The molecule has 0 saturated carbocycles. The third-order valence-electron chi connectivity index (χ3n) is 3.82. The van der Waals surface area contributed by atoms with Crippen molar-refractivity contribution < 1.29 is 23.0 Å². The third kappa shape index (κ3) is 3.85. The molecule has 8 heteroatoms. The van der Waals surface area contributed by atoms with Gasteiger partial charge in [0.2, 0.25) is 5.91 Å². The smallest absolute Gasteiger partial charge is 0.261 e. The van der Waals surface area contributed by atoms with E-state index in [1.165, 1.54) is 18.2 Å². The first-order valence-corrected chi connectivity index (χ1v) is 9.30. The zero-order valence-electron chi connectivity index (χ0n) is 13.6. The molecule has 3 amide bonds. The number of rotatable bonds is 6. The van der Waals surface area contributed by atoms with Crippen LogP contribution in [-0.4, -0.2) is 44.9 Å². The van der Waals surface area contributed by atoms with Crippen LogP contribution in [0.1, 0.15) is 20.7 Å². The SMILES string of the molecule is O=C(C[S@@](=O)CCN1C(=O)c2ccccc2C1=O)Nc1cccc(F)c1. The van der Waals surface area contributed by atoms with Crippen molar-refractivity contribution in [3.63, 3.8) is 0 Å². The molecule has 1 atom stereocenters. The number of fused-ring (bicyclic) bond motifs is 1. The lowest BCUT2D eigenvalue weighted by atomic mass is 10.1. The van der Waals surface area contributed by atoms with Gasteiger partial charge in [-0.25, -0.2) is 4.39 Å². The van der Waals surface area contributed by atoms with Crippen molar-refractivity contribution in [3.05, 3.63) is 65.5 Å². The summed E-state index contributed by atoms with van der Waals surface area (Å²) in [7, 11) is -1.57. The second-order valence-corrected chi connectivity index (χ2v) is 7.23. The van der Waals surface area contributed by atoms with Crippen LogP contribution in [0.3, 0.4) is 0 Å². The molecule has 0 radical (unpaired) electrons. The van der Waals surface area contributed by atoms with Crippen LogP contribution in [0.2, 0.25) is 0 Å². The molecule has 0 aromatic heterocycles. The Balaban J connectivity index is 1.52. The maximum atomic E-state index is 13.1. The highest BCUT2D eigenvalue weighted by molar-refractivity contribution is 7.85. The summed E-state index contributed by atoms with van der Waals surface area (Å²) in [5, 5.41) is 2.45. The minimum Gasteiger partial charge on any atom is -0.325 e. The molecule has 0 saturated heterocycles. The molecule has 2 aromatic carbocycles. The summed E-state index contributed by atoms with van der Waals surface area (Å²) in [4.78, 5) is 37.3. The topological polar surface area (TPSA) is 83.6 Å². The molecular weight excluding hydrogens is 359 g/mol. The Morgan fingerprint density at radius 2 is 1.69 bits per heavy atom. The maximum absolute atomic E-state index is 13.1. The van der Waals surface area contributed by atoms with Crippen molar-refractivity contribution in [2.45, 2.75) is 0 Å². The van der Waals surface area contributed by atoms with E-state index in [4.69, 9.17) is 0 Å². The minimum absolute atomic E-state index is 0.0119. The van der Waals surface area contributed by atoms with Gasteiger partial charge < -0.3 is 5.32 Å². The molecule has 1 aliphatic heterocycles. The van der Waals surface area contributed by atoms with Crippen molar-refractivity contribution in [1.82, 2.24) is 4.90 Å². The normalized spacial score (nSPS) is 14.3. The maximum Gasteiger partial charge on any atom is 0.261 e. The highest BCUT2D eigenvalue weighted by atomic mass is 32.2. The van der Waals surface area contributed by atoms with Crippen molar-refractivity contribution in [1.29, 1.82) is 0 Å². The molecule has 6 nitrogen and oxygen atoms in total. The number of amides is 3. The van der Waals surface area contributed by atoms with Gasteiger partial charge in [-0.15, -0.1) is 0 Å². The van der Waals surface area contributed by atoms with Crippen molar-refractivity contribution in [3.8, 4) is 0 Å². The lowest BCUT2D eigenvalue weighted by molar-refractivity contribution is -0.113. The van der Waals surface area contributed by atoms with E-state index in [0.29, 0.717) is 11.1 Å². The van der Waals surface area contributed by atoms with E-state index in [-0.39, 0.29) is 23.7 Å². The van der Waals surface area contributed by atoms with E-state index >= 15 is 0 Å². The van der Waals surface area contributed by atoms with Crippen LogP contribution < -0.4 is 5.32 Å². The Morgan fingerprint density at radius 3 is 2.31 bits per heavy atom. The van der Waals surface area contributed by atoms with E-state index in [9.17, 15) is 23.0 Å². The Labute approximate surface area is 151 Å². The summed E-state index contributed by atoms with van der Waals surface area (Å²) in [6, 6.07) is 11.8. The van der Waals surface area contributed by atoms with Gasteiger partial charge in [0.05, 0.1) is 11.1 Å². The first-order chi connectivity index (χ1) is 12.5. The summed E-state index contributed by atoms with van der Waals surface area (Å²) in [5.41, 5.74) is 0.923. The zero-order chi connectivity index (χ0) is 18.7. The van der Waals surface area contributed by atoms with Crippen LogP contribution in [0.5, 0.6) is 0 Å². The molecule has 0 bridgehead atoms. The predicted octanol–water partition coefficient (Wildman–Crippen LogP) is 1.81. The number of nitrogens with zero attached hydrogens (tertiary/aromatic N) is 1. The quantitative estimate of drug-likeness (QED) is 0.782. The van der Waals surface area contributed by atoms with Crippen LogP contribution in [-0.2, 0) is 15.6 Å². The van der Waals surface area contributed by atoms with Gasteiger partial charge in [0.1, 0.15) is 11.6 Å². The second kappa shape index (κ2) is 7.57. The second-order valence-electron chi connectivity index (χ2n) is 5.65. The van der Waals surface area contributed by atoms with Crippen LogP contribution in [0.25, 0.3) is 0 Å². The summed E-state index contributed by atoms with van der Waals surface area (Å²) < 4.78 is 25.2. The third-order valence-corrected chi connectivity index (χ3v) is 5.04. The minimum atomic E-state index is -1.57. The lowest BCUT2D eigenvalue weighted by Crippen LogP contribution is -2.34. The number of anilines is 1. The first kappa shape index (κ1) is 17.9. The standard InChI is InChI=1S/C18H15FN2O4S/c19-12-4-3-5-13(10-12)20-16(22)11-26(25)9-8-21-17(23)14-6-1-2-7-15(14)18(21)24/h1-7,10H,8-9,11H2,(H,20,22)/t26-/m0/s1. The summed E-state index contributed by atoms with van der Waals surface area (Å²) in [5.74, 6) is -2.19. The lowest BCUT2D eigenvalue weighted by Gasteiger charge is -2.13. The van der Waals surface area contributed by atoms with E-state index in [1.54, 1.807) is 24.3 Å². The molecule has 134 valence electrons. The molecular formula is C18H15FN2O4S. The Morgan fingerprint density at radius 1 is 1.04 bits per heavy atom.